The van der Waals surface area contributed by atoms with E-state index in [-0.39, 0.29) is 24.1 Å². The molecule has 2 aromatic rings. The van der Waals surface area contributed by atoms with Crippen molar-refractivity contribution in [2.75, 3.05) is 16.8 Å². The largest absolute Gasteiger partial charge is 0.446 e. The first kappa shape index (κ1) is 16.8. The molecule has 1 unspecified atom stereocenters. The first-order valence-corrected chi connectivity index (χ1v) is 9.10. The molecule has 1 saturated carbocycles. The monoisotopic (exact) mass is 355 g/mol. The molecule has 136 valence electrons. The summed E-state index contributed by atoms with van der Waals surface area (Å²) in [6.07, 6.45) is 3.50. The summed E-state index contributed by atoms with van der Waals surface area (Å²) in [6, 6.07) is 10.1. The van der Waals surface area contributed by atoms with Crippen molar-refractivity contribution in [3.63, 3.8) is 0 Å². The first-order chi connectivity index (χ1) is 12.6. The van der Waals surface area contributed by atoms with Gasteiger partial charge in [0.05, 0.1) is 23.1 Å². The second-order valence-electron chi connectivity index (χ2n) is 6.91. The van der Waals surface area contributed by atoms with Gasteiger partial charge < -0.3 is 10.1 Å². The second-order valence-corrected chi connectivity index (χ2v) is 6.91. The minimum Gasteiger partial charge on any atom is -0.446 e. The number of hydrogen-bond donors (Lipinski definition) is 1. The number of nitrogens with zero attached hydrogens (tertiary/aromatic N) is 2. The molecule has 5 nitrogen and oxygen atoms in total. The van der Waals surface area contributed by atoms with Crippen molar-refractivity contribution in [3.05, 3.63) is 53.6 Å². The normalized spacial score (nSPS) is 17.4. The van der Waals surface area contributed by atoms with Crippen LogP contribution in [0.2, 0.25) is 0 Å². The Kier molecular flexibility index (Phi) is 4.49. The first-order valence-electron chi connectivity index (χ1n) is 9.10. The van der Waals surface area contributed by atoms with Gasteiger partial charge in [0, 0.05) is 12.2 Å². The predicted molar refractivity (Wildman–Crippen MR) is 97.8 cm³/mol. The van der Waals surface area contributed by atoms with Crippen LogP contribution < -0.4 is 10.2 Å². The Morgan fingerprint density at radius 2 is 2.04 bits per heavy atom. The van der Waals surface area contributed by atoms with E-state index in [1.165, 1.54) is 12.1 Å². The molecule has 4 rings (SSSR count). The summed E-state index contributed by atoms with van der Waals surface area (Å²) >= 11 is 0. The fourth-order valence-electron chi connectivity index (χ4n) is 3.16. The van der Waals surface area contributed by atoms with Gasteiger partial charge in [0.15, 0.2) is 0 Å². The molecular weight excluding hydrogens is 333 g/mol. The zero-order valence-corrected chi connectivity index (χ0v) is 14.7. The molecule has 1 aromatic carbocycles. The number of rotatable bonds is 4. The molecule has 26 heavy (non-hydrogen) atoms. The third-order valence-corrected chi connectivity index (χ3v) is 4.74. The lowest BCUT2D eigenvalue weighted by atomic mass is 10.1. The highest BCUT2D eigenvalue weighted by molar-refractivity contribution is 5.89. The number of aromatic nitrogens is 1. The number of carbonyl (C=O) groups is 1. The topological polar surface area (TPSA) is 54.5 Å². The molecule has 1 aliphatic carbocycles. The van der Waals surface area contributed by atoms with Gasteiger partial charge in [0.2, 0.25) is 0 Å². The maximum atomic E-state index is 13.0. The van der Waals surface area contributed by atoms with Crippen molar-refractivity contribution in [1.29, 1.82) is 0 Å². The molecule has 0 radical (unpaired) electrons. The van der Waals surface area contributed by atoms with Gasteiger partial charge in [-0.05, 0) is 69.0 Å². The van der Waals surface area contributed by atoms with E-state index in [1.807, 2.05) is 19.1 Å². The molecule has 1 N–H and O–H groups in total. The Balaban J connectivity index is 1.50. The molecule has 0 spiro atoms. The van der Waals surface area contributed by atoms with Gasteiger partial charge in [-0.1, -0.05) is 0 Å². The van der Waals surface area contributed by atoms with Crippen molar-refractivity contribution < 1.29 is 13.9 Å². The van der Waals surface area contributed by atoms with Crippen LogP contribution >= 0.6 is 0 Å². The molecule has 0 saturated heterocycles. The molecule has 1 aromatic heterocycles. The van der Waals surface area contributed by atoms with Crippen molar-refractivity contribution in [2.24, 2.45) is 0 Å². The Hall–Kier alpha value is -2.63. The Morgan fingerprint density at radius 3 is 2.77 bits per heavy atom. The lowest BCUT2D eigenvalue weighted by Gasteiger charge is -2.29. The number of carbonyl (C=O) groups excluding carboxylic acids is 1. The second kappa shape index (κ2) is 6.94. The summed E-state index contributed by atoms with van der Waals surface area (Å²) in [4.78, 5) is 18.8. The number of hydrogen-bond acceptors (Lipinski definition) is 4. The van der Waals surface area contributed by atoms with Gasteiger partial charge in [0.1, 0.15) is 11.9 Å². The van der Waals surface area contributed by atoms with E-state index >= 15 is 0 Å². The summed E-state index contributed by atoms with van der Waals surface area (Å²) in [6.45, 7) is 2.68. The van der Waals surface area contributed by atoms with E-state index in [4.69, 9.17) is 9.72 Å². The van der Waals surface area contributed by atoms with Crippen LogP contribution in [0.15, 0.2) is 36.4 Å². The summed E-state index contributed by atoms with van der Waals surface area (Å²) in [5, 5.41) is 3.33. The maximum Gasteiger partial charge on any atom is 0.414 e. The SMILES string of the molecule is CC(Nc1ccc(F)cc1)c1ccc2c(n1)CCCN2C(=O)OC1CC1. The van der Waals surface area contributed by atoms with Crippen molar-refractivity contribution in [1.82, 2.24) is 4.98 Å². The fourth-order valence-corrected chi connectivity index (χ4v) is 3.16. The maximum absolute atomic E-state index is 13.0. The van der Waals surface area contributed by atoms with E-state index in [2.05, 4.69) is 5.32 Å². The van der Waals surface area contributed by atoms with Gasteiger partial charge in [-0.25, -0.2) is 9.18 Å². The molecule has 2 heterocycles. The van der Waals surface area contributed by atoms with Gasteiger partial charge >= 0.3 is 6.09 Å². The minimum atomic E-state index is -0.263. The van der Waals surface area contributed by atoms with Gasteiger partial charge in [-0.15, -0.1) is 0 Å². The smallest absolute Gasteiger partial charge is 0.414 e. The molecule has 1 aliphatic heterocycles. The Bertz CT molecular complexity index is 805. The molecule has 1 atom stereocenters. The lowest BCUT2D eigenvalue weighted by molar-refractivity contribution is 0.146. The molecule has 0 bridgehead atoms. The van der Waals surface area contributed by atoms with Crippen LogP contribution in [0.25, 0.3) is 0 Å². The number of fused-ring (bicyclic) bond motifs is 1. The van der Waals surface area contributed by atoms with Crippen LogP contribution in [0.5, 0.6) is 0 Å². The highest BCUT2D eigenvalue weighted by Crippen LogP contribution is 2.31. The highest BCUT2D eigenvalue weighted by atomic mass is 19.1. The van der Waals surface area contributed by atoms with E-state index in [1.54, 1.807) is 17.0 Å². The summed E-state index contributed by atoms with van der Waals surface area (Å²) in [5.41, 5.74) is 3.51. The lowest BCUT2D eigenvalue weighted by Crippen LogP contribution is -2.36. The zero-order valence-electron chi connectivity index (χ0n) is 14.7. The van der Waals surface area contributed by atoms with Crippen LogP contribution in [0, 0.1) is 5.82 Å². The summed E-state index contributed by atoms with van der Waals surface area (Å²) in [7, 11) is 0. The number of benzene rings is 1. The van der Waals surface area contributed by atoms with Crippen molar-refractivity contribution in [2.45, 2.75) is 44.8 Å². The third-order valence-electron chi connectivity index (χ3n) is 4.74. The molecule has 2 aliphatic rings. The minimum absolute atomic E-state index is 0.0282. The third kappa shape index (κ3) is 3.64. The van der Waals surface area contributed by atoms with Crippen LogP contribution in [0.4, 0.5) is 20.6 Å². The number of nitrogens with one attached hydrogen (secondary N) is 1. The van der Waals surface area contributed by atoms with Crippen LogP contribution in [0.3, 0.4) is 0 Å². The number of aryl methyl sites for hydroxylation is 1. The zero-order chi connectivity index (χ0) is 18.1. The number of halogens is 1. The highest BCUT2D eigenvalue weighted by Gasteiger charge is 2.31. The molecule has 1 amide bonds. The molecule has 1 fully saturated rings. The summed E-state index contributed by atoms with van der Waals surface area (Å²) in [5.74, 6) is -0.256. The van der Waals surface area contributed by atoms with Gasteiger partial charge in [0.25, 0.3) is 0 Å². The summed E-state index contributed by atoms with van der Waals surface area (Å²) < 4.78 is 18.5. The van der Waals surface area contributed by atoms with Crippen molar-refractivity contribution in [3.8, 4) is 0 Å². The van der Waals surface area contributed by atoms with Crippen LogP contribution in [-0.2, 0) is 11.2 Å². The Labute approximate surface area is 152 Å². The fraction of sp³-hybridized carbons (Fsp3) is 0.400. The van der Waals surface area contributed by atoms with Crippen LogP contribution in [-0.4, -0.2) is 23.7 Å². The number of ether oxygens (including phenoxy) is 1. The predicted octanol–water partition coefficient (Wildman–Crippen LogP) is 4.45. The Morgan fingerprint density at radius 1 is 1.27 bits per heavy atom. The van der Waals surface area contributed by atoms with Gasteiger partial charge in [-0.3, -0.25) is 9.88 Å². The van der Waals surface area contributed by atoms with E-state index in [0.717, 1.165) is 48.4 Å². The average molecular weight is 355 g/mol. The number of amides is 1. The number of anilines is 2. The quantitative estimate of drug-likeness (QED) is 0.881. The van der Waals surface area contributed by atoms with E-state index < -0.39 is 0 Å². The van der Waals surface area contributed by atoms with E-state index in [9.17, 15) is 9.18 Å². The van der Waals surface area contributed by atoms with Gasteiger partial charge in [-0.2, -0.15) is 0 Å². The van der Waals surface area contributed by atoms with Crippen LogP contribution in [0.1, 0.15) is 43.6 Å². The number of pyridine rings is 1. The standard InChI is InChI=1S/C20H22FN3O2/c1-13(22-15-6-4-14(21)5-7-15)17-10-11-19-18(23-17)3-2-12-24(19)20(25)26-16-8-9-16/h4-7,10-11,13,16,22H,2-3,8-9,12H2,1H3. The average Bonchev–Trinajstić information content (AvgIpc) is 3.46. The van der Waals surface area contributed by atoms with Crippen molar-refractivity contribution >= 4 is 17.5 Å². The molecule has 6 heteroatoms. The molecular formula is C20H22FN3O2. The van der Waals surface area contributed by atoms with E-state index in [0.29, 0.717) is 6.54 Å².